The molecule has 100 valence electrons. The Morgan fingerprint density at radius 2 is 2.21 bits per heavy atom. The van der Waals surface area contributed by atoms with Crippen LogP contribution in [0.4, 0.5) is 0 Å². The fourth-order valence-electron chi connectivity index (χ4n) is 2.05. The second kappa shape index (κ2) is 5.19. The molecule has 0 atom stereocenters. The summed E-state index contributed by atoms with van der Waals surface area (Å²) >= 11 is 1.67. The molecule has 3 aromatic rings. The Bertz CT molecular complexity index is 633. The molecule has 1 N–H and O–H groups in total. The summed E-state index contributed by atoms with van der Waals surface area (Å²) in [6.45, 7) is 6.07. The monoisotopic (exact) mass is 274 g/mol. The smallest absolute Gasteiger partial charge is 0.193 e. The van der Waals surface area contributed by atoms with Gasteiger partial charge in [0.25, 0.3) is 0 Å². The molecule has 0 aromatic carbocycles. The van der Waals surface area contributed by atoms with Crippen LogP contribution in [-0.2, 0) is 13.1 Å². The van der Waals surface area contributed by atoms with Gasteiger partial charge >= 0.3 is 0 Å². The van der Waals surface area contributed by atoms with Gasteiger partial charge in [-0.1, -0.05) is 13.8 Å². The van der Waals surface area contributed by atoms with Crippen LogP contribution >= 0.6 is 11.3 Å². The van der Waals surface area contributed by atoms with E-state index in [0.717, 1.165) is 23.7 Å². The summed E-state index contributed by atoms with van der Waals surface area (Å²) in [5.74, 6) is 0. The molecule has 3 heterocycles. The van der Waals surface area contributed by atoms with Gasteiger partial charge in [-0.2, -0.15) is 0 Å². The average Bonchev–Trinajstić information content (AvgIpc) is 3.02. The van der Waals surface area contributed by atoms with E-state index in [2.05, 4.69) is 63.2 Å². The lowest BCUT2D eigenvalue weighted by molar-refractivity contribution is 0.588. The van der Waals surface area contributed by atoms with Crippen molar-refractivity contribution in [2.45, 2.75) is 33.0 Å². The van der Waals surface area contributed by atoms with Crippen molar-refractivity contribution in [3.8, 4) is 0 Å². The second-order valence-electron chi connectivity index (χ2n) is 5.05. The normalized spacial score (nSPS) is 11.7. The fraction of sp³-hybridized carbons (Fsp3) is 0.357. The third-order valence-corrected chi connectivity index (χ3v) is 3.78. The van der Waals surface area contributed by atoms with Gasteiger partial charge in [0.05, 0.1) is 12.2 Å². The lowest BCUT2D eigenvalue weighted by atomic mass is 10.3. The number of imidazole rings is 1. The number of hydrogen-bond acceptors (Lipinski definition) is 3. The first-order valence-corrected chi connectivity index (χ1v) is 7.38. The first-order valence-electron chi connectivity index (χ1n) is 6.50. The molecule has 3 aromatic heterocycles. The van der Waals surface area contributed by atoms with E-state index in [1.54, 1.807) is 11.3 Å². The van der Waals surface area contributed by atoms with Gasteiger partial charge in [0.15, 0.2) is 4.96 Å². The molecule has 3 rings (SSSR count). The van der Waals surface area contributed by atoms with Crippen molar-refractivity contribution in [1.29, 1.82) is 0 Å². The van der Waals surface area contributed by atoms with Crippen molar-refractivity contribution in [2.24, 2.45) is 0 Å². The number of aromatic nitrogens is 3. The van der Waals surface area contributed by atoms with Crippen LogP contribution in [0, 0.1) is 0 Å². The quantitative estimate of drug-likeness (QED) is 0.776. The van der Waals surface area contributed by atoms with Gasteiger partial charge in [0, 0.05) is 42.8 Å². The molecular formula is C14H18N4S. The van der Waals surface area contributed by atoms with Crippen molar-refractivity contribution in [2.75, 3.05) is 0 Å². The van der Waals surface area contributed by atoms with E-state index in [0.29, 0.717) is 6.04 Å². The molecule has 0 saturated carbocycles. The van der Waals surface area contributed by atoms with Crippen LogP contribution in [0.2, 0.25) is 0 Å². The average molecular weight is 274 g/mol. The molecule has 0 amide bonds. The van der Waals surface area contributed by atoms with E-state index < -0.39 is 0 Å². The minimum absolute atomic E-state index is 0.517. The minimum Gasteiger partial charge on any atom is -0.348 e. The molecule has 19 heavy (non-hydrogen) atoms. The van der Waals surface area contributed by atoms with Gasteiger partial charge in [0.1, 0.15) is 0 Å². The van der Waals surface area contributed by atoms with E-state index in [9.17, 15) is 0 Å². The van der Waals surface area contributed by atoms with E-state index in [-0.39, 0.29) is 0 Å². The van der Waals surface area contributed by atoms with Crippen molar-refractivity contribution < 1.29 is 0 Å². The van der Waals surface area contributed by atoms with Crippen molar-refractivity contribution in [3.05, 3.63) is 47.5 Å². The fourth-order valence-corrected chi connectivity index (χ4v) is 2.77. The van der Waals surface area contributed by atoms with Gasteiger partial charge in [-0.05, 0) is 11.6 Å². The third-order valence-electron chi connectivity index (χ3n) is 3.01. The standard InChI is InChI=1S/C14H18N4S/c1-11(2)15-7-12-3-4-17(8-12)9-13-10-18-5-6-19-14(18)16-13/h3-6,8,10-11,15H,7,9H2,1-2H3. The number of fused-ring (bicyclic) bond motifs is 1. The van der Waals surface area contributed by atoms with Gasteiger partial charge in [-0.15, -0.1) is 11.3 Å². The highest BCUT2D eigenvalue weighted by Crippen LogP contribution is 2.13. The Morgan fingerprint density at radius 3 is 3.00 bits per heavy atom. The van der Waals surface area contributed by atoms with Crippen LogP contribution in [0.15, 0.2) is 36.2 Å². The molecule has 0 saturated heterocycles. The molecule has 0 bridgehead atoms. The first-order chi connectivity index (χ1) is 9.20. The molecular weight excluding hydrogens is 256 g/mol. The summed E-state index contributed by atoms with van der Waals surface area (Å²) in [5.41, 5.74) is 2.42. The summed E-state index contributed by atoms with van der Waals surface area (Å²) in [5, 5.41) is 5.48. The summed E-state index contributed by atoms with van der Waals surface area (Å²) in [4.78, 5) is 5.66. The lowest BCUT2D eigenvalue weighted by Gasteiger charge is -2.05. The molecule has 0 aliphatic carbocycles. The number of thiazole rings is 1. The van der Waals surface area contributed by atoms with Gasteiger partial charge in [0.2, 0.25) is 0 Å². The maximum atomic E-state index is 4.60. The number of nitrogens with zero attached hydrogens (tertiary/aromatic N) is 3. The second-order valence-corrected chi connectivity index (χ2v) is 5.93. The SMILES string of the molecule is CC(C)NCc1ccn(Cc2cn3ccsc3n2)c1. The van der Waals surface area contributed by atoms with Crippen LogP contribution in [0.1, 0.15) is 25.1 Å². The van der Waals surface area contributed by atoms with Gasteiger partial charge in [-0.25, -0.2) is 4.98 Å². The highest BCUT2D eigenvalue weighted by molar-refractivity contribution is 7.15. The molecule has 0 unspecified atom stereocenters. The Kier molecular flexibility index (Phi) is 3.40. The molecule has 0 aliphatic heterocycles. The summed E-state index contributed by atoms with van der Waals surface area (Å²) in [7, 11) is 0. The maximum Gasteiger partial charge on any atom is 0.193 e. The zero-order valence-corrected chi connectivity index (χ0v) is 12.0. The third kappa shape index (κ3) is 2.88. The molecule has 0 spiro atoms. The maximum absolute atomic E-state index is 4.60. The molecule has 4 nitrogen and oxygen atoms in total. The van der Waals surface area contributed by atoms with E-state index in [4.69, 9.17) is 0 Å². The largest absolute Gasteiger partial charge is 0.348 e. The number of rotatable bonds is 5. The van der Waals surface area contributed by atoms with Gasteiger partial charge in [-0.3, -0.25) is 4.40 Å². The highest BCUT2D eigenvalue weighted by atomic mass is 32.1. The van der Waals surface area contributed by atoms with Crippen LogP contribution in [0.3, 0.4) is 0 Å². The van der Waals surface area contributed by atoms with Crippen LogP contribution in [0.25, 0.3) is 4.96 Å². The zero-order chi connectivity index (χ0) is 13.2. The Labute approximate surface area is 116 Å². The topological polar surface area (TPSA) is 34.3 Å². The predicted molar refractivity (Wildman–Crippen MR) is 78.6 cm³/mol. The lowest BCUT2D eigenvalue weighted by Crippen LogP contribution is -2.21. The van der Waals surface area contributed by atoms with Crippen molar-refractivity contribution in [3.63, 3.8) is 0 Å². The summed E-state index contributed by atoms with van der Waals surface area (Å²) in [6, 6.07) is 2.68. The van der Waals surface area contributed by atoms with Crippen LogP contribution in [-0.4, -0.2) is 20.0 Å². The van der Waals surface area contributed by atoms with Crippen LogP contribution < -0.4 is 5.32 Å². The minimum atomic E-state index is 0.517. The number of hydrogen-bond donors (Lipinski definition) is 1. The zero-order valence-electron chi connectivity index (χ0n) is 11.2. The molecule has 0 aliphatic rings. The van der Waals surface area contributed by atoms with Crippen molar-refractivity contribution >= 4 is 16.3 Å². The summed E-state index contributed by atoms with van der Waals surface area (Å²) < 4.78 is 4.26. The first kappa shape index (κ1) is 12.4. The highest BCUT2D eigenvalue weighted by Gasteiger charge is 2.04. The predicted octanol–water partition coefficient (Wildman–Crippen LogP) is 2.74. The molecule has 0 fully saturated rings. The van der Waals surface area contributed by atoms with Crippen LogP contribution in [0.5, 0.6) is 0 Å². The Balaban J connectivity index is 1.68. The number of nitrogens with one attached hydrogen (secondary N) is 1. The van der Waals surface area contributed by atoms with E-state index >= 15 is 0 Å². The van der Waals surface area contributed by atoms with E-state index in [1.165, 1.54) is 5.56 Å². The summed E-state index contributed by atoms with van der Waals surface area (Å²) in [6.07, 6.45) is 8.44. The molecule has 5 heteroatoms. The van der Waals surface area contributed by atoms with Crippen molar-refractivity contribution in [1.82, 2.24) is 19.3 Å². The molecule has 0 radical (unpaired) electrons. The van der Waals surface area contributed by atoms with Gasteiger partial charge < -0.3 is 9.88 Å². The Hall–Kier alpha value is -1.59. The van der Waals surface area contributed by atoms with E-state index in [1.807, 2.05) is 6.20 Å². The Morgan fingerprint density at radius 1 is 1.32 bits per heavy atom.